The molecule has 1 fully saturated rings. The van der Waals surface area contributed by atoms with Crippen LogP contribution in [0.2, 0.25) is 0 Å². The number of rotatable bonds is 3. The first kappa shape index (κ1) is 12.8. The van der Waals surface area contributed by atoms with Crippen LogP contribution in [0, 0.1) is 0 Å². The lowest BCUT2D eigenvalue weighted by molar-refractivity contribution is -0.132. The molecule has 1 saturated carbocycles. The molecule has 0 saturated heterocycles. The third kappa shape index (κ3) is 3.11. The maximum absolute atomic E-state index is 11.8. The summed E-state index contributed by atoms with van der Waals surface area (Å²) in [5, 5.41) is 3.11. The van der Waals surface area contributed by atoms with Crippen molar-refractivity contribution in [3.63, 3.8) is 0 Å². The number of thiol groups is 1. The second-order valence-corrected chi connectivity index (χ2v) is 5.15. The predicted molar refractivity (Wildman–Crippen MR) is 66.3 cm³/mol. The van der Waals surface area contributed by atoms with Crippen LogP contribution in [0.15, 0.2) is 0 Å². The number of likely N-dealkylation sites (N-methyl/N-ethyl adjacent to an activating group) is 2. The van der Waals surface area contributed by atoms with E-state index in [1.54, 1.807) is 0 Å². The lowest BCUT2D eigenvalue weighted by Gasteiger charge is -2.38. The molecule has 0 aromatic rings. The van der Waals surface area contributed by atoms with E-state index < -0.39 is 0 Å². The number of hydrogen-bond acceptors (Lipinski definition) is 3. The molecule has 0 radical (unpaired) electrons. The van der Waals surface area contributed by atoms with Crippen LogP contribution in [0.1, 0.15) is 32.6 Å². The number of amides is 1. The van der Waals surface area contributed by atoms with Gasteiger partial charge in [-0.1, -0.05) is 12.8 Å². The van der Waals surface area contributed by atoms with Gasteiger partial charge in [0.1, 0.15) is 0 Å². The first-order chi connectivity index (χ1) is 7.07. The van der Waals surface area contributed by atoms with Crippen molar-refractivity contribution in [1.29, 1.82) is 0 Å². The van der Waals surface area contributed by atoms with E-state index in [4.69, 9.17) is 0 Å². The van der Waals surface area contributed by atoms with Crippen LogP contribution in [0.4, 0.5) is 0 Å². The number of carbonyl (C=O) groups is 1. The van der Waals surface area contributed by atoms with E-state index in [1.165, 1.54) is 19.3 Å². The fourth-order valence-electron chi connectivity index (χ4n) is 2.37. The van der Waals surface area contributed by atoms with Gasteiger partial charge in [-0.2, -0.15) is 12.6 Å². The van der Waals surface area contributed by atoms with Gasteiger partial charge in [0.05, 0.1) is 5.25 Å². The van der Waals surface area contributed by atoms with Crippen LogP contribution in [0.25, 0.3) is 0 Å². The minimum Gasteiger partial charge on any atom is -0.340 e. The smallest absolute Gasteiger partial charge is 0.235 e. The van der Waals surface area contributed by atoms with Gasteiger partial charge in [0.2, 0.25) is 5.91 Å². The van der Waals surface area contributed by atoms with Crippen molar-refractivity contribution in [2.45, 2.75) is 49.9 Å². The molecular weight excluding hydrogens is 208 g/mol. The van der Waals surface area contributed by atoms with Gasteiger partial charge < -0.3 is 10.2 Å². The molecule has 0 spiro atoms. The maximum Gasteiger partial charge on any atom is 0.235 e. The van der Waals surface area contributed by atoms with E-state index in [0.717, 1.165) is 6.42 Å². The van der Waals surface area contributed by atoms with Gasteiger partial charge in [-0.05, 0) is 26.8 Å². The zero-order chi connectivity index (χ0) is 11.4. The van der Waals surface area contributed by atoms with Crippen LogP contribution in [0.3, 0.4) is 0 Å². The van der Waals surface area contributed by atoms with Gasteiger partial charge in [0.15, 0.2) is 0 Å². The molecule has 3 atom stereocenters. The highest BCUT2D eigenvalue weighted by Gasteiger charge is 2.30. The van der Waals surface area contributed by atoms with Gasteiger partial charge >= 0.3 is 0 Å². The number of nitrogens with zero attached hydrogens (tertiary/aromatic N) is 1. The summed E-state index contributed by atoms with van der Waals surface area (Å²) in [6, 6.07) is 0.783. The SMILES string of the molecule is CNC1CCCCC1N(C)C(=O)C(C)S. The third-order valence-electron chi connectivity index (χ3n) is 3.30. The topological polar surface area (TPSA) is 32.3 Å². The van der Waals surface area contributed by atoms with Gasteiger partial charge in [0, 0.05) is 19.1 Å². The monoisotopic (exact) mass is 230 g/mol. The van der Waals surface area contributed by atoms with Crippen LogP contribution >= 0.6 is 12.6 Å². The summed E-state index contributed by atoms with van der Waals surface area (Å²) in [7, 11) is 3.88. The predicted octanol–water partition coefficient (Wildman–Crippen LogP) is 1.29. The van der Waals surface area contributed by atoms with Crippen molar-refractivity contribution in [2.75, 3.05) is 14.1 Å². The Labute approximate surface area is 98.0 Å². The quantitative estimate of drug-likeness (QED) is 0.716. The Hall–Kier alpha value is -0.220. The highest BCUT2D eigenvalue weighted by Crippen LogP contribution is 2.23. The van der Waals surface area contributed by atoms with Crippen LogP contribution in [-0.4, -0.2) is 42.2 Å². The molecule has 0 heterocycles. The summed E-state index contributed by atoms with van der Waals surface area (Å²) in [5.74, 6) is 0.130. The molecule has 3 unspecified atom stereocenters. The average molecular weight is 230 g/mol. The number of hydrogen-bond donors (Lipinski definition) is 2. The first-order valence-corrected chi connectivity index (χ1v) is 6.21. The minimum atomic E-state index is -0.200. The summed E-state index contributed by atoms with van der Waals surface area (Å²) in [4.78, 5) is 13.7. The molecule has 1 aliphatic rings. The molecule has 0 aliphatic heterocycles. The summed E-state index contributed by atoms with van der Waals surface area (Å²) in [5.41, 5.74) is 0. The molecule has 15 heavy (non-hydrogen) atoms. The standard InChI is InChI=1S/C11H22N2OS/c1-8(15)11(14)13(3)10-7-5-4-6-9(10)12-2/h8-10,12,15H,4-7H2,1-3H3. The highest BCUT2D eigenvalue weighted by molar-refractivity contribution is 7.81. The summed E-state index contributed by atoms with van der Waals surface area (Å²) >= 11 is 4.20. The number of nitrogens with one attached hydrogen (secondary N) is 1. The Balaban J connectivity index is 2.63. The Bertz CT molecular complexity index is 221. The minimum absolute atomic E-state index is 0.130. The molecule has 4 heteroatoms. The number of carbonyl (C=O) groups excluding carboxylic acids is 1. The van der Waals surface area contributed by atoms with E-state index in [1.807, 2.05) is 25.9 Å². The molecule has 0 aromatic carbocycles. The Kier molecular flexibility index (Phi) is 4.93. The van der Waals surface area contributed by atoms with Gasteiger partial charge in [-0.25, -0.2) is 0 Å². The molecule has 1 amide bonds. The Morgan fingerprint density at radius 1 is 1.47 bits per heavy atom. The molecule has 88 valence electrons. The second kappa shape index (κ2) is 5.75. The third-order valence-corrected chi connectivity index (χ3v) is 3.52. The zero-order valence-corrected chi connectivity index (χ0v) is 10.8. The zero-order valence-electron chi connectivity index (χ0n) is 9.86. The second-order valence-electron chi connectivity index (χ2n) is 4.37. The van der Waals surface area contributed by atoms with E-state index in [-0.39, 0.29) is 11.2 Å². The Morgan fingerprint density at radius 3 is 2.60 bits per heavy atom. The highest BCUT2D eigenvalue weighted by atomic mass is 32.1. The van der Waals surface area contributed by atoms with Crippen molar-refractivity contribution in [3.8, 4) is 0 Å². The van der Waals surface area contributed by atoms with E-state index >= 15 is 0 Å². The van der Waals surface area contributed by atoms with E-state index in [0.29, 0.717) is 12.1 Å². The van der Waals surface area contributed by atoms with E-state index in [9.17, 15) is 4.79 Å². The largest absolute Gasteiger partial charge is 0.340 e. The van der Waals surface area contributed by atoms with E-state index in [2.05, 4.69) is 17.9 Å². The van der Waals surface area contributed by atoms with Crippen LogP contribution < -0.4 is 5.32 Å². The lowest BCUT2D eigenvalue weighted by atomic mass is 9.89. The first-order valence-electron chi connectivity index (χ1n) is 5.70. The fourth-order valence-corrected chi connectivity index (χ4v) is 2.55. The molecule has 0 aromatic heterocycles. The maximum atomic E-state index is 11.8. The van der Waals surface area contributed by atoms with Gasteiger partial charge in [-0.15, -0.1) is 0 Å². The lowest BCUT2D eigenvalue weighted by Crippen LogP contribution is -2.52. The van der Waals surface area contributed by atoms with Crippen molar-refractivity contribution < 1.29 is 4.79 Å². The molecular formula is C11H22N2OS. The fraction of sp³-hybridized carbons (Fsp3) is 0.909. The van der Waals surface area contributed by atoms with Crippen molar-refractivity contribution in [2.24, 2.45) is 0 Å². The summed E-state index contributed by atoms with van der Waals surface area (Å²) < 4.78 is 0. The summed E-state index contributed by atoms with van der Waals surface area (Å²) in [6.45, 7) is 1.83. The van der Waals surface area contributed by atoms with Crippen molar-refractivity contribution in [1.82, 2.24) is 10.2 Å². The molecule has 1 N–H and O–H groups in total. The van der Waals surface area contributed by atoms with Crippen LogP contribution in [-0.2, 0) is 4.79 Å². The Morgan fingerprint density at radius 2 is 2.07 bits per heavy atom. The normalized spacial score (nSPS) is 28.5. The molecule has 3 nitrogen and oxygen atoms in total. The molecule has 1 rings (SSSR count). The van der Waals surface area contributed by atoms with Gasteiger partial charge in [-0.3, -0.25) is 4.79 Å². The summed E-state index contributed by atoms with van der Waals surface area (Å²) in [6.07, 6.45) is 4.76. The van der Waals surface area contributed by atoms with Crippen molar-refractivity contribution >= 4 is 18.5 Å². The molecule has 1 aliphatic carbocycles. The average Bonchev–Trinajstić information content (AvgIpc) is 2.26. The van der Waals surface area contributed by atoms with Gasteiger partial charge in [0.25, 0.3) is 0 Å². The molecule has 0 bridgehead atoms. The van der Waals surface area contributed by atoms with Crippen LogP contribution in [0.5, 0.6) is 0 Å². The van der Waals surface area contributed by atoms with Crippen molar-refractivity contribution in [3.05, 3.63) is 0 Å².